The number of halogens is 3. The van der Waals surface area contributed by atoms with Crippen LogP contribution in [0.5, 0.6) is 11.6 Å². The highest BCUT2D eigenvalue weighted by atomic mass is 35.5. The van der Waals surface area contributed by atoms with Crippen molar-refractivity contribution in [2.75, 3.05) is 0 Å². The Morgan fingerprint density at radius 3 is 2.30 bits per heavy atom. The second-order valence-electron chi connectivity index (χ2n) is 8.76. The van der Waals surface area contributed by atoms with Crippen LogP contribution in [-0.4, -0.2) is 33.8 Å². The van der Waals surface area contributed by atoms with Crippen LogP contribution in [0.3, 0.4) is 0 Å². The number of phenolic OH excluding ortho intramolecular Hbond substituents is 1. The van der Waals surface area contributed by atoms with Gasteiger partial charge in [0.15, 0.2) is 11.6 Å². The molecule has 0 saturated heterocycles. The molecule has 208 valence electrons. The Labute approximate surface area is 238 Å². The molecule has 4 rings (SSSR count). The summed E-state index contributed by atoms with van der Waals surface area (Å²) in [5, 5.41) is 22.4. The van der Waals surface area contributed by atoms with Crippen LogP contribution in [0.25, 0.3) is 0 Å². The molecule has 0 fully saturated rings. The summed E-state index contributed by atoms with van der Waals surface area (Å²) >= 11 is 12.0. The third-order valence-corrected chi connectivity index (χ3v) is 8.09. The van der Waals surface area contributed by atoms with Crippen molar-refractivity contribution in [2.24, 2.45) is 0 Å². The monoisotopic (exact) mass is 605 g/mol. The normalized spacial score (nSPS) is 11.5. The van der Waals surface area contributed by atoms with Crippen molar-refractivity contribution >= 4 is 39.1 Å². The van der Waals surface area contributed by atoms with Crippen molar-refractivity contribution in [3.63, 3.8) is 0 Å². The zero-order valence-corrected chi connectivity index (χ0v) is 22.9. The van der Waals surface area contributed by atoms with Gasteiger partial charge in [0.2, 0.25) is 10.0 Å². The predicted octanol–water partition coefficient (Wildman–Crippen LogP) is 4.55. The molecule has 0 atom stereocenters. The number of carbonyl (C=O) groups excluding carboxylic acids is 1. The van der Waals surface area contributed by atoms with Gasteiger partial charge in [-0.25, -0.2) is 12.8 Å². The highest BCUT2D eigenvalue weighted by Gasteiger charge is 2.29. The lowest BCUT2D eigenvalue weighted by Gasteiger charge is -2.24. The van der Waals surface area contributed by atoms with Gasteiger partial charge in [0.1, 0.15) is 10.7 Å². The largest absolute Gasteiger partial charge is 0.505 e. The van der Waals surface area contributed by atoms with Gasteiger partial charge in [-0.3, -0.25) is 14.6 Å². The number of aromatic amines is 1. The summed E-state index contributed by atoms with van der Waals surface area (Å²) in [6.45, 7) is -0.290. The molecule has 4 N–H and O–H groups in total. The van der Waals surface area contributed by atoms with E-state index >= 15 is 0 Å². The van der Waals surface area contributed by atoms with E-state index in [2.05, 4.69) is 10.3 Å². The lowest BCUT2D eigenvalue weighted by Crippen LogP contribution is -2.30. The maximum atomic E-state index is 13.7. The molecule has 0 bridgehead atoms. The van der Waals surface area contributed by atoms with E-state index < -0.39 is 43.8 Å². The van der Waals surface area contributed by atoms with E-state index in [9.17, 15) is 32.6 Å². The standard InChI is InChI=1S/C27H22Cl2FN3O6S/c28-20-11-22(29)26(36)23(12-20)40(38,39)33(14-16-4-6-21(30)7-5-16)15-18-3-1-2-17(8-18)13-31-27(37)19-9-24(34)32-25(35)10-19/h1-12,36H,13-15H2,(H,31,37)(H2,32,34,35). The van der Waals surface area contributed by atoms with Gasteiger partial charge in [0, 0.05) is 36.8 Å². The maximum Gasteiger partial charge on any atom is 0.251 e. The summed E-state index contributed by atoms with van der Waals surface area (Å²) in [5.41, 5.74) is 0.976. The number of pyridine rings is 1. The first-order valence-corrected chi connectivity index (χ1v) is 13.8. The zero-order valence-electron chi connectivity index (χ0n) is 20.6. The highest BCUT2D eigenvalue weighted by molar-refractivity contribution is 7.89. The topological polar surface area (TPSA) is 140 Å². The quantitative estimate of drug-likeness (QED) is 0.221. The van der Waals surface area contributed by atoms with E-state index in [0.717, 1.165) is 22.5 Å². The summed E-state index contributed by atoms with van der Waals surface area (Å²) in [6.07, 6.45) is 0. The fourth-order valence-electron chi connectivity index (χ4n) is 3.88. The molecule has 0 aliphatic heterocycles. The Bertz CT molecular complexity index is 1730. The average Bonchev–Trinajstić information content (AvgIpc) is 2.89. The van der Waals surface area contributed by atoms with Gasteiger partial charge in [-0.1, -0.05) is 59.6 Å². The van der Waals surface area contributed by atoms with E-state index in [1.165, 1.54) is 30.3 Å². The molecule has 0 radical (unpaired) electrons. The smallest absolute Gasteiger partial charge is 0.251 e. The molecule has 3 aromatic carbocycles. The molecule has 1 aromatic heterocycles. The Kier molecular flexibility index (Phi) is 8.79. The molecule has 0 aliphatic carbocycles. The molecule has 1 heterocycles. The number of nitrogens with one attached hydrogen (secondary N) is 2. The molecule has 0 aliphatic rings. The number of carbonyl (C=O) groups is 1. The Morgan fingerprint density at radius 1 is 0.925 bits per heavy atom. The van der Waals surface area contributed by atoms with Crippen molar-refractivity contribution in [3.05, 3.63) is 121 Å². The van der Waals surface area contributed by atoms with Crippen LogP contribution >= 0.6 is 23.2 Å². The van der Waals surface area contributed by atoms with Crippen LogP contribution in [0.1, 0.15) is 27.0 Å². The molecule has 0 saturated carbocycles. The third kappa shape index (κ3) is 6.99. The van der Waals surface area contributed by atoms with Gasteiger partial charge >= 0.3 is 0 Å². The number of hydrogen-bond acceptors (Lipinski definition) is 6. The summed E-state index contributed by atoms with van der Waals surface area (Å²) in [6, 6.07) is 16.5. The van der Waals surface area contributed by atoms with E-state index in [-0.39, 0.29) is 35.2 Å². The first kappa shape index (κ1) is 29.1. The van der Waals surface area contributed by atoms with Crippen molar-refractivity contribution in [1.82, 2.24) is 14.6 Å². The summed E-state index contributed by atoms with van der Waals surface area (Å²) in [4.78, 5) is 25.6. The van der Waals surface area contributed by atoms with Crippen molar-refractivity contribution < 1.29 is 27.8 Å². The minimum Gasteiger partial charge on any atom is -0.505 e. The number of phenols is 1. The molecule has 13 heteroatoms. The zero-order chi connectivity index (χ0) is 29.0. The predicted molar refractivity (Wildman–Crippen MR) is 147 cm³/mol. The number of benzene rings is 3. The van der Waals surface area contributed by atoms with Crippen molar-refractivity contribution in [1.29, 1.82) is 0 Å². The molecule has 4 aromatic rings. The SMILES string of the molecule is O=C(NCc1cccc(CN(Cc2ccc(F)cc2)S(=O)(=O)c2cc(Cl)cc(Cl)c2O)c1)c1cc(O)[nH]c(=O)c1. The number of aromatic nitrogens is 1. The van der Waals surface area contributed by atoms with Gasteiger partial charge in [-0.2, -0.15) is 4.31 Å². The van der Waals surface area contributed by atoms with Gasteiger partial charge in [0.05, 0.1) is 10.6 Å². The van der Waals surface area contributed by atoms with Crippen LogP contribution in [0.15, 0.2) is 82.5 Å². The van der Waals surface area contributed by atoms with Crippen LogP contribution in [-0.2, 0) is 29.7 Å². The minimum atomic E-state index is -4.37. The van der Waals surface area contributed by atoms with Crippen LogP contribution in [0.4, 0.5) is 4.39 Å². The maximum absolute atomic E-state index is 13.7. The summed E-state index contributed by atoms with van der Waals surface area (Å²) in [5.74, 6) is -2.19. The molecule has 0 unspecified atom stereocenters. The summed E-state index contributed by atoms with van der Waals surface area (Å²) < 4.78 is 42.0. The molecular formula is C27H22Cl2FN3O6S. The van der Waals surface area contributed by atoms with Crippen molar-refractivity contribution in [2.45, 2.75) is 24.5 Å². The fraction of sp³-hybridized carbons (Fsp3) is 0.111. The van der Waals surface area contributed by atoms with E-state index in [1.807, 2.05) is 0 Å². The van der Waals surface area contributed by atoms with Gasteiger partial charge < -0.3 is 15.5 Å². The Morgan fingerprint density at radius 2 is 1.60 bits per heavy atom. The van der Waals surface area contributed by atoms with Crippen LogP contribution < -0.4 is 10.9 Å². The summed E-state index contributed by atoms with van der Waals surface area (Å²) in [7, 11) is -4.37. The first-order valence-electron chi connectivity index (χ1n) is 11.6. The number of hydrogen-bond donors (Lipinski definition) is 4. The van der Waals surface area contributed by atoms with Crippen molar-refractivity contribution in [3.8, 4) is 11.6 Å². The molecular weight excluding hydrogens is 584 g/mol. The Hall–Kier alpha value is -3.90. The van der Waals surface area contributed by atoms with E-state index in [1.54, 1.807) is 24.3 Å². The minimum absolute atomic E-state index is 0.00886. The van der Waals surface area contributed by atoms with Crippen LogP contribution in [0.2, 0.25) is 10.0 Å². The van der Waals surface area contributed by atoms with E-state index in [4.69, 9.17) is 23.2 Å². The molecule has 40 heavy (non-hydrogen) atoms. The lowest BCUT2D eigenvalue weighted by atomic mass is 10.1. The highest BCUT2D eigenvalue weighted by Crippen LogP contribution is 2.36. The lowest BCUT2D eigenvalue weighted by molar-refractivity contribution is 0.0950. The van der Waals surface area contributed by atoms with E-state index in [0.29, 0.717) is 16.7 Å². The number of H-pyrrole nitrogens is 1. The fourth-order valence-corrected chi connectivity index (χ4v) is 6.04. The molecule has 1 amide bonds. The molecule has 9 nitrogen and oxygen atoms in total. The number of nitrogens with zero attached hydrogens (tertiary/aromatic N) is 1. The number of sulfonamides is 1. The third-order valence-electron chi connectivity index (χ3n) is 5.78. The Balaban J connectivity index is 1.61. The second-order valence-corrected chi connectivity index (χ2v) is 11.5. The first-order chi connectivity index (χ1) is 18.9. The van der Waals surface area contributed by atoms with Gasteiger partial charge in [0.25, 0.3) is 11.5 Å². The van der Waals surface area contributed by atoms with Gasteiger partial charge in [-0.15, -0.1) is 0 Å². The molecule has 0 spiro atoms. The average molecular weight is 606 g/mol. The number of amides is 1. The van der Waals surface area contributed by atoms with Crippen LogP contribution in [0, 0.1) is 5.82 Å². The second kappa shape index (κ2) is 12.1. The number of aromatic hydroxyl groups is 2. The van der Waals surface area contributed by atoms with Gasteiger partial charge in [-0.05, 0) is 41.0 Å². The number of rotatable bonds is 9.